The van der Waals surface area contributed by atoms with Gasteiger partial charge in [-0.25, -0.2) is 9.97 Å². The highest BCUT2D eigenvalue weighted by Crippen LogP contribution is 2.40. The van der Waals surface area contributed by atoms with Crippen LogP contribution in [0.1, 0.15) is 38.1 Å². The average Bonchev–Trinajstić information content (AvgIpc) is 2.97. The molecule has 0 fully saturated rings. The predicted molar refractivity (Wildman–Crippen MR) is 83.9 cm³/mol. The first-order valence-electron chi connectivity index (χ1n) is 6.05. The van der Waals surface area contributed by atoms with Crippen LogP contribution >= 0.6 is 44.3 Å². The second kappa shape index (κ2) is 7.53. The number of aryl methyl sites for hydroxylation is 2. The quantitative estimate of drug-likeness (QED) is 0.647. The molecule has 2 heterocycles. The molecule has 0 atom stereocenters. The zero-order valence-electron chi connectivity index (χ0n) is 10.5. The lowest BCUT2D eigenvalue weighted by Crippen LogP contribution is -1.81. The molecule has 0 spiro atoms. The van der Waals surface area contributed by atoms with Crippen LogP contribution in [0.4, 0.5) is 0 Å². The van der Waals surface area contributed by atoms with E-state index in [1.165, 1.54) is 11.4 Å². The van der Waals surface area contributed by atoms with Gasteiger partial charge in [0, 0.05) is 10.8 Å². The van der Waals surface area contributed by atoms with Gasteiger partial charge in [-0.2, -0.15) is 0 Å². The lowest BCUT2D eigenvalue weighted by molar-refractivity contribution is 0.881. The third-order valence-corrected chi connectivity index (χ3v) is 7.08. The molecule has 6 heteroatoms. The number of thiazole rings is 2. The van der Waals surface area contributed by atoms with Crippen molar-refractivity contribution in [2.75, 3.05) is 0 Å². The molecule has 0 unspecified atom stereocenters. The summed E-state index contributed by atoms with van der Waals surface area (Å²) in [6.07, 6.45) is 4.49. The summed E-state index contributed by atoms with van der Waals surface area (Å²) in [5.74, 6) is 0. The van der Waals surface area contributed by atoms with Crippen molar-refractivity contribution in [2.45, 2.75) is 48.2 Å². The minimum Gasteiger partial charge on any atom is -0.234 e. The fraction of sp³-hybridized carbons (Fsp3) is 0.500. The molecule has 0 aliphatic carbocycles. The van der Waals surface area contributed by atoms with Crippen molar-refractivity contribution in [3.8, 4) is 0 Å². The van der Waals surface area contributed by atoms with E-state index in [1.807, 2.05) is 0 Å². The van der Waals surface area contributed by atoms with Crippen molar-refractivity contribution >= 4 is 44.3 Å². The number of nitrogens with zero attached hydrogens (tertiary/aromatic N) is 2. The van der Waals surface area contributed by atoms with Gasteiger partial charge >= 0.3 is 0 Å². The van der Waals surface area contributed by atoms with Crippen LogP contribution in [-0.2, 0) is 12.8 Å². The first-order chi connectivity index (χ1) is 8.81. The van der Waals surface area contributed by atoms with Gasteiger partial charge in [0.15, 0.2) is 8.68 Å². The second-order valence-electron chi connectivity index (χ2n) is 3.88. The normalized spacial score (nSPS) is 11.0. The monoisotopic (exact) mass is 316 g/mol. The Kier molecular flexibility index (Phi) is 6.01. The largest absolute Gasteiger partial charge is 0.234 e. The van der Waals surface area contributed by atoms with Crippen molar-refractivity contribution in [3.05, 3.63) is 22.1 Å². The van der Waals surface area contributed by atoms with Gasteiger partial charge in [0.2, 0.25) is 0 Å². The number of hydrogen-bond donors (Lipinski definition) is 0. The minimum atomic E-state index is 1.08. The molecule has 0 bridgehead atoms. The van der Waals surface area contributed by atoms with Gasteiger partial charge in [0.05, 0.1) is 11.4 Å². The maximum absolute atomic E-state index is 4.60. The summed E-state index contributed by atoms with van der Waals surface area (Å²) in [5.41, 5.74) is 2.44. The summed E-state index contributed by atoms with van der Waals surface area (Å²) in [7, 11) is 3.45. The predicted octanol–water partition coefficient (Wildman–Crippen LogP) is 5.30. The van der Waals surface area contributed by atoms with Crippen LogP contribution in [-0.4, -0.2) is 9.97 Å². The number of hydrogen-bond acceptors (Lipinski definition) is 6. The van der Waals surface area contributed by atoms with Gasteiger partial charge in [0.1, 0.15) is 0 Å². The molecule has 0 radical (unpaired) electrons. The third kappa shape index (κ3) is 4.26. The van der Waals surface area contributed by atoms with E-state index in [1.54, 1.807) is 44.3 Å². The topological polar surface area (TPSA) is 25.8 Å². The smallest absolute Gasteiger partial charge is 0.161 e. The summed E-state index contributed by atoms with van der Waals surface area (Å²) < 4.78 is 2.27. The highest BCUT2D eigenvalue weighted by molar-refractivity contribution is 8.77. The minimum absolute atomic E-state index is 1.08. The zero-order chi connectivity index (χ0) is 12.8. The molecule has 0 N–H and O–H groups in total. The van der Waals surface area contributed by atoms with Gasteiger partial charge in [0.25, 0.3) is 0 Å². The molecule has 2 nitrogen and oxygen atoms in total. The van der Waals surface area contributed by atoms with Crippen molar-refractivity contribution in [1.82, 2.24) is 9.97 Å². The number of rotatable bonds is 7. The maximum Gasteiger partial charge on any atom is 0.161 e. The molecule has 0 saturated heterocycles. The molecular weight excluding hydrogens is 300 g/mol. The molecule has 2 aromatic rings. The van der Waals surface area contributed by atoms with Gasteiger partial charge in [-0.3, -0.25) is 0 Å². The Balaban J connectivity index is 1.85. The fourth-order valence-electron chi connectivity index (χ4n) is 1.47. The van der Waals surface area contributed by atoms with E-state index >= 15 is 0 Å². The molecule has 0 amide bonds. The van der Waals surface area contributed by atoms with Crippen molar-refractivity contribution in [3.63, 3.8) is 0 Å². The summed E-state index contributed by atoms with van der Waals surface area (Å²) in [4.78, 5) is 9.19. The average molecular weight is 317 g/mol. The third-order valence-electron chi connectivity index (χ3n) is 2.26. The standard InChI is InChI=1S/C12H16N2S4/c1-3-5-9-7-15-11(13-9)17-18-12-14-10(6-4-2)8-16-12/h7-8H,3-6H2,1-2H3. The van der Waals surface area contributed by atoms with Crippen molar-refractivity contribution in [1.29, 1.82) is 0 Å². The van der Waals surface area contributed by atoms with E-state index in [2.05, 4.69) is 34.6 Å². The molecule has 98 valence electrons. The molecule has 0 aromatic carbocycles. The summed E-state index contributed by atoms with van der Waals surface area (Å²) in [6.45, 7) is 4.37. The molecule has 18 heavy (non-hydrogen) atoms. The Labute approximate surface area is 124 Å². The fourth-order valence-corrected chi connectivity index (χ4v) is 5.65. The Bertz CT molecular complexity index is 434. The Hall–Kier alpha value is -0.0400. The molecule has 0 aliphatic rings. The van der Waals surface area contributed by atoms with Gasteiger partial charge in [-0.15, -0.1) is 22.7 Å². The van der Waals surface area contributed by atoms with Crippen LogP contribution in [0.25, 0.3) is 0 Å². The molecule has 2 aromatic heterocycles. The lowest BCUT2D eigenvalue weighted by Gasteiger charge is -1.92. The molecule has 0 aliphatic heterocycles. The van der Waals surface area contributed by atoms with Crippen LogP contribution in [0.5, 0.6) is 0 Å². The molecule has 2 rings (SSSR count). The SMILES string of the molecule is CCCc1csc(SSc2nc(CCC)cs2)n1. The first-order valence-corrected chi connectivity index (χ1v) is 9.96. The highest BCUT2D eigenvalue weighted by Gasteiger charge is 2.06. The summed E-state index contributed by atoms with van der Waals surface area (Å²) in [6, 6.07) is 0. The van der Waals surface area contributed by atoms with Crippen LogP contribution in [0, 0.1) is 0 Å². The first kappa shape index (κ1) is 14.4. The van der Waals surface area contributed by atoms with Crippen molar-refractivity contribution < 1.29 is 0 Å². The molecular formula is C12H16N2S4. The van der Waals surface area contributed by atoms with Crippen molar-refractivity contribution in [2.24, 2.45) is 0 Å². The lowest BCUT2D eigenvalue weighted by atomic mass is 10.3. The Morgan fingerprint density at radius 3 is 1.72 bits per heavy atom. The summed E-state index contributed by atoms with van der Waals surface area (Å²) >= 11 is 3.47. The number of aromatic nitrogens is 2. The Morgan fingerprint density at radius 2 is 1.33 bits per heavy atom. The highest BCUT2D eigenvalue weighted by atomic mass is 33.1. The summed E-state index contributed by atoms with van der Waals surface area (Å²) in [5, 5.41) is 4.33. The second-order valence-corrected chi connectivity index (χ2v) is 8.22. The van der Waals surface area contributed by atoms with Gasteiger partial charge in [-0.1, -0.05) is 26.7 Å². The van der Waals surface area contributed by atoms with E-state index in [0.29, 0.717) is 0 Å². The van der Waals surface area contributed by atoms with E-state index < -0.39 is 0 Å². The maximum atomic E-state index is 4.60. The van der Waals surface area contributed by atoms with Crippen LogP contribution < -0.4 is 0 Å². The Morgan fingerprint density at radius 1 is 0.889 bits per heavy atom. The van der Waals surface area contributed by atoms with Gasteiger partial charge < -0.3 is 0 Å². The molecule has 0 saturated carbocycles. The van der Waals surface area contributed by atoms with Gasteiger partial charge in [-0.05, 0) is 34.4 Å². The van der Waals surface area contributed by atoms with Crippen LogP contribution in [0.3, 0.4) is 0 Å². The van der Waals surface area contributed by atoms with E-state index in [9.17, 15) is 0 Å². The van der Waals surface area contributed by atoms with Crippen LogP contribution in [0.2, 0.25) is 0 Å². The van der Waals surface area contributed by atoms with Crippen LogP contribution in [0.15, 0.2) is 19.4 Å². The van der Waals surface area contributed by atoms with E-state index in [0.717, 1.165) is 34.4 Å². The van der Waals surface area contributed by atoms with E-state index in [-0.39, 0.29) is 0 Å². The van der Waals surface area contributed by atoms with E-state index in [4.69, 9.17) is 0 Å². The zero-order valence-corrected chi connectivity index (χ0v) is 13.8.